The Hall–Kier alpha value is -3.49. The molecule has 0 atom stereocenters. The highest BCUT2D eigenvalue weighted by molar-refractivity contribution is 7.89. The molecule has 4 N–H and O–H groups in total. The number of nitrogens with one attached hydrogen (secondary N) is 2. The van der Waals surface area contributed by atoms with Gasteiger partial charge in [0.15, 0.2) is 0 Å². The number of rotatable bonds is 10. The number of primary amides is 1. The molecule has 0 aliphatic heterocycles. The van der Waals surface area contributed by atoms with Crippen molar-refractivity contribution in [1.82, 2.24) is 4.72 Å². The van der Waals surface area contributed by atoms with Crippen molar-refractivity contribution in [1.29, 1.82) is 0 Å². The number of hydrogen-bond donors (Lipinski definition) is 3. The summed E-state index contributed by atoms with van der Waals surface area (Å²) in [5.41, 5.74) is 8.32. The van der Waals surface area contributed by atoms with Gasteiger partial charge in [0.25, 0.3) is 0 Å². The van der Waals surface area contributed by atoms with E-state index in [1.807, 2.05) is 30.3 Å². The zero-order valence-electron chi connectivity index (χ0n) is 17.5. The summed E-state index contributed by atoms with van der Waals surface area (Å²) >= 11 is 0. The molecule has 0 saturated carbocycles. The topological polar surface area (TPSA) is 118 Å². The molecule has 0 saturated heterocycles. The first-order valence-electron chi connectivity index (χ1n) is 10.1. The fraction of sp³-hybridized carbons (Fsp3) is 0.167. The SMILES string of the molecule is NC(=O)Cc1ccc(NC(=O)CCc2ccc(S(=O)(=O)NCc3ccccc3)cc2)cc1. The van der Waals surface area contributed by atoms with Crippen LogP contribution in [0.25, 0.3) is 0 Å². The molecule has 166 valence electrons. The van der Waals surface area contributed by atoms with Crippen LogP contribution in [-0.2, 0) is 39.0 Å². The summed E-state index contributed by atoms with van der Waals surface area (Å²) in [6, 6.07) is 22.7. The van der Waals surface area contributed by atoms with Crippen molar-refractivity contribution in [2.45, 2.75) is 30.7 Å². The van der Waals surface area contributed by atoms with Crippen molar-refractivity contribution in [3.05, 3.63) is 95.6 Å². The van der Waals surface area contributed by atoms with E-state index in [0.717, 1.165) is 16.7 Å². The van der Waals surface area contributed by atoms with Gasteiger partial charge in [0, 0.05) is 18.7 Å². The number of hydrogen-bond acceptors (Lipinski definition) is 4. The van der Waals surface area contributed by atoms with E-state index in [0.29, 0.717) is 12.1 Å². The lowest BCUT2D eigenvalue weighted by Gasteiger charge is -2.09. The molecule has 0 radical (unpaired) electrons. The second kappa shape index (κ2) is 10.7. The molecular formula is C24H25N3O4S. The first-order chi connectivity index (χ1) is 15.3. The van der Waals surface area contributed by atoms with Crippen molar-refractivity contribution in [2.75, 3.05) is 5.32 Å². The largest absolute Gasteiger partial charge is 0.369 e. The standard InChI is InChI=1S/C24H25N3O4S/c25-23(28)16-19-6-11-21(12-7-19)27-24(29)15-10-18-8-13-22(14-9-18)32(30,31)26-17-20-4-2-1-3-5-20/h1-9,11-14,26H,10,15-17H2,(H2,25,28)(H,27,29). The Morgan fingerprint density at radius 1 is 0.781 bits per heavy atom. The molecule has 2 amide bonds. The molecule has 0 aliphatic rings. The Kier molecular flexibility index (Phi) is 7.75. The highest BCUT2D eigenvalue weighted by Crippen LogP contribution is 2.14. The van der Waals surface area contributed by atoms with Crippen LogP contribution in [0.2, 0.25) is 0 Å². The van der Waals surface area contributed by atoms with E-state index in [1.165, 1.54) is 12.1 Å². The number of aryl methyl sites for hydroxylation is 1. The molecule has 7 nitrogen and oxygen atoms in total. The van der Waals surface area contributed by atoms with Crippen LogP contribution in [0.15, 0.2) is 83.8 Å². The lowest BCUT2D eigenvalue weighted by Crippen LogP contribution is -2.23. The molecule has 3 rings (SSSR count). The Morgan fingerprint density at radius 2 is 1.41 bits per heavy atom. The third-order valence-electron chi connectivity index (χ3n) is 4.80. The van der Waals surface area contributed by atoms with Gasteiger partial charge in [-0.25, -0.2) is 13.1 Å². The fourth-order valence-corrected chi connectivity index (χ4v) is 4.10. The molecule has 0 fully saturated rings. The number of amides is 2. The van der Waals surface area contributed by atoms with E-state index in [9.17, 15) is 18.0 Å². The molecule has 0 unspecified atom stereocenters. The summed E-state index contributed by atoms with van der Waals surface area (Å²) < 4.78 is 27.5. The minimum absolute atomic E-state index is 0.154. The summed E-state index contributed by atoms with van der Waals surface area (Å²) in [4.78, 5) is 23.3. The Morgan fingerprint density at radius 3 is 2.03 bits per heavy atom. The number of benzene rings is 3. The van der Waals surface area contributed by atoms with Gasteiger partial charge in [0.1, 0.15) is 0 Å². The predicted molar refractivity (Wildman–Crippen MR) is 123 cm³/mol. The number of carbonyl (C=O) groups excluding carboxylic acids is 2. The molecular weight excluding hydrogens is 426 g/mol. The van der Waals surface area contributed by atoms with Gasteiger partial charge in [-0.05, 0) is 47.4 Å². The average molecular weight is 452 g/mol. The van der Waals surface area contributed by atoms with Crippen molar-refractivity contribution in [2.24, 2.45) is 5.73 Å². The average Bonchev–Trinajstić information content (AvgIpc) is 2.78. The first-order valence-corrected chi connectivity index (χ1v) is 11.6. The van der Waals surface area contributed by atoms with Gasteiger partial charge >= 0.3 is 0 Å². The number of carbonyl (C=O) groups is 2. The summed E-state index contributed by atoms with van der Waals surface area (Å²) in [5.74, 6) is -0.568. The summed E-state index contributed by atoms with van der Waals surface area (Å²) in [7, 11) is -3.62. The first kappa shape index (κ1) is 23.2. The van der Waals surface area contributed by atoms with Crippen molar-refractivity contribution in [3.63, 3.8) is 0 Å². The van der Waals surface area contributed by atoms with E-state index < -0.39 is 15.9 Å². The van der Waals surface area contributed by atoms with Crippen LogP contribution in [0, 0.1) is 0 Å². The maximum Gasteiger partial charge on any atom is 0.240 e. The van der Waals surface area contributed by atoms with Gasteiger partial charge in [0.2, 0.25) is 21.8 Å². The monoisotopic (exact) mass is 451 g/mol. The van der Waals surface area contributed by atoms with Gasteiger partial charge < -0.3 is 11.1 Å². The molecule has 0 aliphatic carbocycles. The van der Waals surface area contributed by atoms with E-state index in [-0.39, 0.29) is 30.2 Å². The van der Waals surface area contributed by atoms with Crippen molar-refractivity contribution in [3.8, 4) is 0 Å². The molecule has 0 spiro atoms. The van der Waals surface area contributed by atoms with Crippen LogP contribution < -0.4 is 15.8 Å². The van der Waals surface area contributed by atoms with Gasteiger partial charge in [-0.1, -0.05) is 54.6 Å². The summed E-state index contributed by atoms with van der Waals surface area (Å²) in [5, 5.41) is 2.80. The van der Waals surface area contributed by atoms with Crippen LogP contribution in [0.3, 0.4) is 0 Å². The third-order valence-corrected chi connectivity index (χ3v) is 6.22. The molecule has 32 heavy (non-hydrogen) atoms. The zero-order chi connectivity index (χ0) is 23.0. The Balaban J connectivity index is 1.49. The maximum absolute atomic E-state index is 12.5. The van der Waals surface area contributed by atoms with Crippen LogP contribution in [0.5, 0.6) is 0 Å². The minimum atomic E-state index is -3.62. The molecule has 3 aromatic rings. The Labute approximate surface area is 187 Å². The minimum Gasteiger partial charge on any atom is -0.369 e. The lowest BCUT2D eigenvalue weighted by molar-refractivity contribution is -0.117. The van der Waals surface area contributed by atoms with E-state index in [1.54, 1.807) is 36.4 Å². The number of anilines is 1. The highest BCUT2D eigenvalue weighted by atomic mass is 32.2. The highest BCUT2D eigenvalue weighted by Gasteiger charge is 2.13. The summed E-state index contributed by atoms with van der Waals surface area (Å²) in [6.07, 6.45) is 0.881. The van der Waals surface area contributed by atoms with Gasteiger partial charge in [0.05, 0.1) is 11.3 Å². The lowest BCUT2D eigenvalue weighted by atomic mass is 10.1. The van der Waals surface area contributed by atoms with E-state index in [4.69, 9.17) is 5.73 Å². The van der Waals surface area contributed by atoms with E-state index in [2.05, 4.69) is 10.0 Å². The van der Waals surface area contributed by atoms with Gasteiger partial charge in [-0.3, -0.25) is 9.59 Å². The quantitative estimate of drug-likeness (QED) is 0.439. The van der Waals surface area contributed by atoms with Crippen LogP contribution >= 0.6 is 0 Å². The molecule has 0 heterocycles. The molecule has 8 heteroatoms. The Bertz CT molecular complexity index is 1160. The normalized spacial score (nSPS) is 11.1. The van der Waals surface area contributed by atoms with Gasteiger partial charge in [-0.2, -0.15) is 0 Å². The van der Waals surface area contributed by atoms with Crippen LogP contribution in [0.1, 0.15) is 23.1 Å². The zero-order valence-corrected chi connectivity index (χ0v) is 18.3. The molecule has 3 aromatic carbocycles. The summed E-state index contributed by atoms with van der Waals surface area (Å²) in [6.45, 7) is 0.217. The second-order valence-electron chi connectivity index (χ2n) is 7.34. The number of sulfonamides is 1. The van der Waals surface area contributed by atoms with Crippen LogP contribution in [0.4, 0.5) is 5.69 Å². The van der Waals surface area contributed by atoms with Crippen LogP contribution in [-0.4, -0.2) is 20.2 Å². The third kappa shape index (κ3) is 7.04. The van der Waals surface area contributed by atoms with Gasteiger partial charge in [-0.15, -0.1) is 0 Å². The molecule has 0 aromatic heterocycles. The van der Waals surface area contributed by atoms with Crippen molar-refractivity contribution < 1.29 is 18.0 Å². The predicted octanol–water partition coefficient (Wildman–Crippen LogP) is 2.76. The van der Waals surface area contributed by atoms with Crippen molar-refractivity contribution >= 4 is 27.5 Å². The second-order valence-corrected chi connectivity index (χ2v) is 9.11. The smallest absolute Gasteiger partial charge is 0.240 e. The fourth-order valence-electron chi connectivity index (χ4n) is 3.08. The van der Waals surface area contributed by atoms with E-state index >= 15 is 0 Å². The molecule has 0 bridgehead atoms. The maximum atomic E-state index is 12.5. The number of nitrogens with two attached hydrogens (primary N) is 1.